The third-order valence-corrected chi connectivity index (χ3v) is 5.38. The fraction of sp³-hybridized carbons (Fsp3) is 0.118. The van der Waals surface area contributed by atoms with E-state index in [1.54, 1.807) is 31.4 Å². The maximum Gasteiger partial charge on any atom is 0.271 e. The molecule has 0 fully saturated rings. The Kier molecular flexibility index (Phi) is 8.11. The van der Waals surface area contributed by atoms with Crippen LogP contribution < -0.4 is 14.9 Å². The molecule has 0 aliphatic carbocycles. The van der Waals surface area contributed by atoms with Gasteiger partial charge >= 0.3 is 0 Å². The Labute approximate surface area is 186 Å². The quantitative estimate of drug-likeness (QED) is 0.290. The molecule has 0 radical (unpaired) electrons. The van der Waals surface area contributed by atoms with Gasteiger partial charge in [-0.15, -0.1) is 0 Å². The molecule has 0 aliphatic rings. The molecule has 1 amide bonds. The summed E-state index contributed by atoms with van der Waals surface area (Å²) in [6, 6.07) is 10.7. The molecule has 6 nitrogen and oxygen atoms in total. The van der Waals surface area contributed by atoms with Crippen molar-refractivity contribution in [3.05, 3.63) is 53.1 Å². The largest absolute Gasteiger partial charge is 0.496 e. The van der Waals surface area contributed by atoms with Crippen molar-refractivity contribution >= 4 is 73.2 Å². The summed E-state index contributed by atoms with van der Waals surface area (Å²) in [6.07, 6.45) is 1.53. The minimum Gasteiger partial charge on any atom is -0.496 e. The average molecular weight is 640 g/mol. The van der Waals surface area contributed by atoms with Crippen LogP contribution in [0.1, 0.15) is 15.9 Å². The molecule has 9 heteroatoms. The maximum atomic E-state index is 12.2. The van der Waals surface area contributed by atoms with Crippen LogP contribution in [0.25, 0.3) is 0 Å². The van der Waals surface area contributed by atoms with Gasteiger partial charge in [-0.25, -0.2) is 5.43 Å². The third kappa shape index (κ3) is 5.55. The molecular weight excluding hydrogens is 628 g/mol. The van der Waals surface area contributed by atoms with Crippen molar-refractivity contribution < 1.29 is 14.3 Å². The van der Waals surface area contributed by atoms with E-state index in [-0.39, 0.29) is 12.5 Å². The molecule has 0 aromatic heterocycles. The number of benzene rings is 2. The number of hydrogen-bond acceptors (Lipinski definition) is 5. The Morgan fingerprint density at radius 1 is 1.35 bits per heavy atom. The number of rotatable bonds is 6. The number of nitriles is 1. The highest BCUT2D eigenvalue weighted by atomic mass is 127. The SMILES string of the molecule is COc1cc(C(=O)N/N=C\c2cc(Br)c(OCC#N)c(I)c2)ccc1I. The van der Waals surface area contributed by atoms with Gasteiger partial charge in [-0.1, -0.05) is 0 Å². The molecule has 0 unspecified atom stereocenters. The van der Waals surface area contributed by atoms with Crippen LogP contribution in [-0.4, -0.2) is 25.8 Å². The number of halogens is 3. The lowest BCUT2D eigenvalue weighted by Gasteiger charge is -2.08. The highest BCUT2D eigenvalue weighted by molar-refractivity contribution is 14.1. The van der Waals surface area contributed by atoms with Gasteiger partial charge in [0.05, 0.1) is 24.9 Å². The first-order valence-electron chi connectivity index (χ1n) is 7.12. The summed E-state index contributed by atoms with van der Waals surface area (Å²) in [7, 11) is 1.56. The van der Waals surface area contributed by atoms with Gasteiger partial charge in [0.2, 0.25) is 0 Å². The molecule has 2 rings (SSSR count). The molecule has 0 aliphatic heterocycles. The van der Waals surface area contributed by atoms with Gasteiger partial charge in [0.1, 0.15) is 17.6 Å². The van der Waals surface area contributed by atoms with Gasteiger partial charge in [-0.2, -0.15) is 10.4 Å². The molecule has 2 aromatic carbocycles. The van der Waals surface area contributed by atoms with Gasteiger partial charge in [0, 0.05) is 5.56 Å². The molecule has 134 valence electrons. The van der Waals surface area contributed by atoms with E-state index in [1.165, 1.54) is 6.21 Å². The number of ether oxygens (including phenoxy) is 2. The molecule has 26 heavy (non-hydrogen) atoms. The highest BCUT2D eigenvalue weighted by Gasteiger charge is 2.10. The fourth-order valence-electron chi connectivity index (χ4n) is 1.93. The van der Waals surface area contributed by atoms with Crippen LogP contribution in [-0.2, 0) is 0 Å². The number of nitrogens with one attached hydrogen (secondary N) is 1. The van der Waals surface area contributed by atoms with Crippen molar-refractivity contribution in [1.82, 2.24) is 5.43 Å². The van der Waals surface area contributed by atoms with Gasteiger partial charge in [-0.3, -0.25) is 4.79 Å². The standard InChI is InChI=1S/C17H12BrI2N3O3/c1-25-15-8-11(2-3-13(15)19)17(24)23-22-9-10-6-12(18)16(14(20)7-10)26-5-4-21/h2-3,6-9H,5H2,1H3,(H,23,24)/b22-9-. The van der Waals surface area contributed by atoms with Gasteiger partial charge in [0.15, 0.2) is 6.61 Å². The second-order valence-electron chi connectivity index (χ2n) is 4.81. The van der Waals surface area contributed by atoms with Crippen LogP contribution >= 0.6 is 61.1 Å². The zero-order valence-corrected chi connectivity index (χ0v) is 19.3. The van der Waals surface area contributed by atoms with E-state index in [2.05, 4.69) is 71.6 Å². The second kappa shape index (κ2) is 10.1. The number of hydrazone groups is 1. The number of carbonyl (C=O) groups excluding carboxylic acids is 1. The number of hydrogen-bond donors (Lipinski definition) is 1. The van der Waals surface area contributed by atoms with Crippen molar-refractivity contribution in [3.63, 3.8) is 0 Å². The van der Waals surface area contributed by atoms with Crippen molar-refractivity contribution in [2.75, 3.05) is 13.7 Å². The topological polar surface area (TPSA) is 83.7 Å². The van der Waals surface area contributed by atoms with E-state index in [1.807, 2.05) is 12.1 Å². The highest BCUT2D eigenvalue weighted by Crippen LogP contribution is 2.31. The minimum absolute atomic E-state index is 0.0302. The summed E-state index contributed by atoms with van der Waals surface area (Å²) in [4.78, 5) is 12.2. The number of nitrogens with zero attached hydrogens (tertiary/aromatic N) is 2. The van der Waals surface area contributed by atoms with Crippen LogP contribution in [0.2, 0.25) is 0 Å². The molecule has 0 heterocycles. The summed E-state index contributed by atoms with van der Waals surface area (Å²) in [5.74, 6) is 0.895. The van der Waals surface area contributed by atoms with Gasteiger partial charge < -0.3 is 9.47 Å². The van der Waals surface area contributed by atoms with E-state index in [9.17, 15) is 4.79 Å². The summed E-state index contributed by atoms with van der Waals surface area (Å²) in [6.45, 7) is -0.0302. The average Bonchev–Trinajstić information content (AvgIpc) is 2.61. The summed E-state index contributed by atoms with van der Waals surface area (Å²) in [5, 5.41) is 12.6. The first-order valence-corrected chi connectivity index (χ1v) is 10.1. The van der Waals surface area contributed by atoms with Crippen molar-refractivity contribution in [2.24, 2.45) is 5.10 Å². The van der Waals surface area contributed by atoms with Crippen LogP contribution in [0.4, 0.5) is 0 Å². The molecule has 0 atom stereocenters. The second-order valence-corrected chi connectivity index (χ2v) is 7.99. The Morgan fingerprint density at radius 2 is 2.12 bits per heavy atom. The van der Waals surface area contributed by atoms with Crippen LogP contribution in [0.3, 0.4) is 0 Å². The molecule has 0 spiro atoms. The number of methoxy groups -OCH3 is 1. The zero-order chi connectivity index (χ0) is 19.1. The van der Waals surface area contributed by atoms with E-state index >= 15 is 0 Å². The predicted octanol–water partition coefficient (Wildman–Crippen LogP) is 4.33. The van der Waals surface area contributed by atoms with Crippen LogP contribution in [0.15, 0.2) is 39.9 Å². The lowest BCUT2D eigenvalue weighted by atomic mass is 10.2. The Balaban J connectivity index is 2.08. The van der Waals surface area contributed by atoms with Crippen LogP contribution in [0, 0.1) is 18.5 Å². The first kappa shape index (κ1) is 20.9. The Hall–Kier alpha value is -1.39. The fourth-order valence-corrected chi connectivity index (χ4v) is 4.25. The maximum absolute atomic E-state index is 12.2. The smallest absolute Gasteiger partial charge is 0.271 e. The first-order chi connectivity index (χ1) is 12.5. The monoisotopic (exact) mass is 639 g/mol. The number of carbonyl (C=O) groups is 1. The summed E-state index contributed by atoms with van der Waals surface area (Å²) < 4.78 is 13.0. The van der Waals surface area contributed by atoms with E-state index in [0.29, 0.717) is 21.5 Å². The molecule has 0 bridgehead atoms. The van der Waals surface area contributed by atoms with Gasteiger partial charge in [-0.05, 0) is 97.0 Å². The molecule has 0 saturated heterocycles. The minimum atomic E-state index is -0.335. The summed E-state index contributed by atoms with van der Waals surface area (Å²) >= 11 is 7.65. The predicted molar refractivity (Wildman–Crippen MR) is 119 cm³/mol. The van der Waals surface area contributed by atoms with Crippen molar-refractivity contribution in [2.45, 2.75) is 0 Å². The molecule has 1 N–H and O–H groups in total. The normalized spacial score (nSPS) is 10.4. The lowest BCUT2D eigenvalue weighted by molar-refractivity contribution is 0.0954. The molecular formula is C17H12BrI2N3O3. The molecule has 0 saturated carbocycles. The van der Waals surface area contributed by atoms with Gasteiger partial charge in [0.25, 0.3) is 5.91 Å². The number of amides is 1. The van der Waals surface area contributed by atoms with Crippen LogP contribution in [0.5, 0.6) is 11.5 Å². The van der Waals surface area contributed by atoms with E-state index < -0.39 is 0 Å². The van der Waals surface area contributed by atoms with Crippen molar-refractivity contribution in [3.8, 4) is 17.6 Å². The lowest BCUT2D eigenvalue weighted by Crippen LogP contribution is -2.17. The third-order valence-electron chi connectivity index (χ3n) is 3.09. The summed E-state index contributed by atoms with van der Waals surface area (Å²) in [5.41, 5.74) is 3.71. The van der Waals surface area contributed by atoms with Crippen molar-refractivity contribution in [1.29, 1.82) is 5.26 Å². The Morgan fingerprint density at radius 3 is 2.77 bits per heavy atom. The molecule has 2 aromatic rings. The zero-order valence-electron chi connectivity index (χ0n) is 13.4. The Bertz CT molecular complexity index is 874. The van der Waals surface area contributed by atoms with E-state index in [0.717, 1.165) is 12.7 Å². The van der Waals surface area contributed by atoms with E-state index in [4.69, 9.17) is 14.7 Å².